The third-order valence-electron chi connectivity index (χ3n) is 3.96. The van der Waals surface area contributed by atoms with Crippen molar-refractivity contribution in [1.82, 2.24) is 0 Å². The molecule has 3 nitrogen and oxygen atoms in total. The van der Waals surface area contributed by atoms with E-state index in [0.717, 1.165) is 31.4 Å². The topological polar surface area (TPSA) is 55.1 Å². The van der Waals surface area contributed by atoms with Crippen molar-refractivity contribution in [2.24, 2.45) is 11.7 Å². The molecule has 0 aliphatic heterocycles. The molecule has 18 heavy (non-hydrogen) atoms. The second-order valence-corrected chi connectivity index (χ2v) is 4.96. The highest BCUT2D eigenvalue weighted by atomic mass is 19.1. The Morgan fingerprint density at radius 1 is 1.50 bits per heavy atom. The van der Waals surface area contributed by atoms with Crippen molar-refractivity contribution in [3.8, 4) is 0 Å². The summed E-state index contributed by atoms with van der Waals surface area (Å²) < 4.78 is 12.9. The number of primary amides is 1. The number of halogens is 1. The fourth-order valence-corrected chi connectivity index (χ4v) is 2.97. The van der Waals surface area contributed by atoms with Gasteiger partial charge in [0, 0.05) is 5.69 Å². The second-order valence-electron chi connectivity index (χ2n) is 4.96. The molecule has 2 rings (SSSR count). The van der Waals surface area contributed by atoms with Crippen molar-refractivity contribution >= 4 is 11.6 Å². The van der Waals surface area contributed by atoms with E-state index in [1.165, 1.54) is 12.1 Å². The predicted octanol–water partition coefficient (Wildman–Crippen LogP) is 2.67. The van der Waals surface area contributed by atoms with Crippen molar-refractivity contribution in [3.63, 3.8) is 0 Å². The monoisotopic (exact) mass is 250 g/mol. The van der Waals surface area contributed by atoms with Gasteiger partial charge < -0.3 is 11.1 Å². The zero-order valence-corrected chi connectivity index (χ0v) is 10.6. The van der Waals surface area contributed by atoms with E-state index < -0.39 is 5.54 Å². The first kappa shape index (κ1) is 12.9. The van der Waals surface area contributed by atoms with Crippen LogP contribution in [0.4, 0.5) is 10.1 Å². The molecule has 0 bridgehead atoms. The molecule has 1 saturated carbocycles. The number of carbonyl (C=O) groups excluding carboxylic acids is 1. The van der Waals surface area contributed by atoms with E-state index in [1.807, 2.05) is 0 Å². The Morgan fingerprint density at radius 2 is 2.17 bits per heavy atom. The first-order chi connectivity index (χ1) is 8.58. The molecule has 2 atom stereocenters. The number of rotatable bonds is 4. The van der Waals surface area contributed by atoms with Crippen molar-refractivity contribution in [3.05, 3.63) is 30.1 Å². The standard InChI is InChI=1S/C14H19FN2O/c1-2-10-4-3-9-14(10,13(16)18)17-12-7-5-11(15)6-8-12/h5-8,10,17H,2-4,9H2,1H3,(H2,16,18). The van der Waals surface area contributed by atoms with Crippen LogP contribution in [-0.4, -0.2) is 11.4 Å². The van der Waals surface area contributed by atoms with Gasteiger partial charge in [-0.15, -0.1) is 0 Å². The first-order valence-corrected chi connectivity index (χ1v) is 6.42. The number of nitrogens with one attached hydrogen (secondary N) is 1. The first-order valence-electron chi connectivity index (χ1n) is 6.42. The van der Waals surface area contributed by atoms with Crippen LogP contribution in [0.5, 0.6) is 0 Å². The van der Waals surface area contributed by atoms with Crippen LogP contribution in [0.2, 0.25) is 0 Å². The number of nitrogens with two attached hydrogens (primary N) is 1. The number of amides is 1. The molecule has 0 aromatic heterocycles. The number of hydrogen-bond acceptors (Lipinski definition) is 2. The lowest BCUT2D eigenvalue weighted by molar-refractivity contribution is -0.123. The van der Waals surface area contributed by atoms with Gasteiger partial charge in [-0.1, -0.05) is 19.8 Å². The molecule has 0 spiro atoms. The number of carbonyl (C=O) groups is 1. The Balaban J connectivity index is 2.26. The van der Waals surface area contributed by atoms with Gasteiger partial charge in [0.05, 0.1) is 0 Å². The molecule has 0 saturated heterocycles. The van der Waals surface area contributed by atoms with Crippen LogP contribution in [0.3, 0.4) is 0 Å². The third-order valence-corrected chi connectivity index (χ3v) is 3.96. The smallest absolute Gasteiger partial charge is 0.243 e. The summed E-state index contributed by atoms with van der Waals surface area (Å²) in [6, 6.07) is 6.05. The molecule has 1 fully saturated rings. The highest BCUT2D eigenvalue weighted by Gasteiger charge is 2.46. The minimum Gasteiger partial charge on any atom is -0.371 e. The van der Waals surface area contributed by atoms with E-state index in [2.05, 4.69) is 12.2 Å². The van der Waals surface area contributed by atoms with Gasteiger partial charge in [-0.25, -0.2) is 4.39 Å². The van der Waals surface area contributed by atoms with E-state index in [4.69, 9.17) is 5.73 Å². The maximum absolute atomic E-state index is 12.9. The van der Waals surface area contributed by atoms with E-state index in [-0.39, 0.29) is 17.6 Å². The summed E-state index contributed by atoms with van der Waals surface area (Å²) in [5.74, 6) is -0.344. The molecule has 1 amide bonds. The quantitative estimate of drug-likeness (QED) is 0.863. The summed E-state index contributed by atoms with van der Waals surface area (Å²) >= 11 is 0. The van der Waals surface area contributed by atoms with E-state index in [1.54, 1.807) is 12.1 Å². The second kappa shape index (κ2) is 4.96. The third kappa shape index (κ3) is 2.19. The Morgan fingerprint density at radius 3 is 2.72 bits per heavy atom. The van der Waals surface area contributed by atoms with Crippen LogP contribution >= 0.6 is 0 Å². The summed E-state index contributed by atoms with van der Waals surface area (Å²) in [4.78, 5) is 11.8. The largest absolute Gasteiger partial charge is 0.371 e. The van der Waals surface area contributed by atoms with Gasteiger partial charge in [0.25, 0.3) is 0 Å². The summed E-state index contributed by atoms with van der Waals surface area (Å²) in [7, 11) is 0. The average Bonchev–Trinajstić information content (AvgIpc) is 2.76. The lowest BCUT2D eigenvalue weighted by atomic mass is 9.84. The van der Waals surface area contributed by atoms with Crippen molar-refractivity contribution in [2.45, 2.75) is 38.1 Å². The van der Waals surface area contributed by atoms with Crippen LogP contribution in [0.25, 0.3) is 0 Å². The fraction of sp³-hybridized carbons (Fsp3) is 0.500. The Bertz CT molecular complexity index is 432. The minimum atomic E-state index is -0.674. The molecule has 1 aliphatic rings. The molecule has 4 heteroatoms. The molecule has 2 unspecified atom stereocenters. The van der Waals surface area contributed by atoms with Crippen molar-refractivity contribution < 1.29 is 9.18 Å². The van der Waals surface area contributed by atoms with Gasteiger partial charge >= 0.3 is 0 Å². The predicted molar refractivity (Wildman–Crippen MR) is 69.6 cm³/mol. The van der Waals surface area contributed by atoms with Crippen molar-refractivity contribution in [2.75, 3.05) is 5.32 Å². The molecule has 0 heterocycles. The molecular weight excluding hydrogens is 231 g/mol. The normalized spacial score (nSPS) is 27.1. The van der Waals surface area contributed by atoms with Gasteiger partial charge in [-0.05, 0) is 43.0 Å². The summed E-state index contributed by atoms with van der Waals surface area (Å²) in [6.45, 7) is 2.07. The van der Waals surface area contributed by atoms with Gasteiger partial charge in [-0.3, -0.25) is 4.79 Å². The number of benzene rings is 1. The fourth-order valence-electron chi connectivity index (χ4n) is 2.97. The van der Waals surface area contributed by atoms with E-state index in [9.17, 15) is 9.18 Å². The van der Waals surface area contributed by atoms with E-state index in [0.29, 0.717) is 0 Å². The lowest BCUT2D eigenvalue weighted by Gasteiger charge is -2.34. The number of anilines is 1. The maximum atomic E-state index is 12.9. The van der Waals surface area contributed by atoms with E-state index >= 15 is 0 Å². The Labute approximate surface area is 107 Å². The Hall–Kier alpha value is -1.58. The zero-order valence-electron chi connectivity index (χ0n) is 10.6. The van der Waals surface area contributed by atoms with Crippen LogP contribution in [0, 0.1) is 11.7 Å². The summed E-state index contributed by atoms with van der Waals surface area (Å²) in [6.07, 6.45) is 3.67. The highest BCUT2D eigenvalue weighted by molar-refractivity contribution is 5.88. The maximum Gasteiger partial charge on any atom is 0.243 e. The molecular formula is C14H19FN2O. The summed E-state index contributed by atoms with van der Waals surface area (Å²) in [5, 5.41) is 3.24. The van der Waals surface area contributed by atoms with Gasteiger partial charge in [0.15, 0.2) is 0 Å². The van der Waals surface area contributed by atoms with Gasteiger partial charge in [-0.2, -0.15) is 0 Å². The highest BCUT2D eigenvalue weighted by Crippen LogP contribution is 2.40. The van der Waals surface area contributed by atoms with Gasteiger partial charge in [0.1, 0.15) is 11.4 Å². The zero-order chi connectivity index (χ0) is 13.2. The van der Waals surface area contributed by atoms with Crippen LogP contribution in [0.1, 0.15) is 32.6 Å². The van der Waals surface area contributed by atoms with Crippen LogP contribution < -0.4 is 11.1 Å². The molecule has 3 N–H and O–H groups in total. The Kier molecular flexibility index (Phi) is 3.55. The molecule has 1 aromatic rings. The molecule has 1 aromatic carbocycles. The SMILES string of the molecule is CCC1CCCC1(Nc1ccc(F)cc1)C(N)=O. The van der Waals surface area contributed by atoms with Gasteiger partial charge in [0.2, 0.25) is 5.91 Å². The van der Waals surface area contributed by atoms with Crippen LogP contribution in [-0.2, 0) is 4.79 Å². The molecule has 0 radical (unpaired) electrons. The average molecular weight is 250 g/mol. The molecule has 98 valence electrons. The minimum absolute atomic E-state index is 0.250. The lowest BCUT2D eigenvalue weighted by Crippen LogP contribution is -2.53. The van der Waals surface area contributed by atoms with Crippen LogP contribution in [0.15, 0.2) is 24.3 Å². The summed E-state index contributed by atoms with van der Waals surface area (Å²) in [5.41, 5.74) is 5.67. The van der Waals surface area contributed by atoms with Crippen molar-refractivity contribution in [1.29, 1.82) is 0 Å². The molecule has 1 aliphatic carbocycles. The number of hydrogen-bond donors (Lipinski definition) is 2.